The minimum absolute atomic E-state index is 0.859. The van der Waals surface area contributed by atoms with Crippen LogP contribution in [0.15, 0.2) is 36.5 Å². The van der Waals surface area contributed by atoms with Gasteiger partial charge in [-0.1, -0.05) is 18.2 Å². The number of para-hydroxylation sites is 1. The molecule has 0 radical (unpaired) electrons. The molecule has 1 aliphatic rings. The number of benzene rings is 1. The number of nitrogens with one attached hydrogen (secondary N) is 2. The van der Waals surface area contributed by atoms with E-state index in [2.05, 4.69) is 50.6 Å². The van der Waals surface area contributed by atoms with E-state index in [0.717, 1.165) is 43.5 Å². The topological polar surface area (TPSA) is 56.8 Å². The summed E-state index contributed by atoms with van der Waals surface area (Å²) in [7, 11) is 0. The summed E-state index contributed by atoms with van der Waals surface area (Å²) >= 11 is 0. The highest BCUT2D eigenvalue weighted by atomic mass is 15.3. The van der Waals surface area contributed by atoms with Gasteiger partial charge >= 0.3 is 0 Å². The zero-order chi connectivity index (χ0) is 16.4. The van der Waals surface area contributed by atoms with E-state index in [1.165, 1.54) is 29.3 Å². The number of hydrogen-bond acceptors (Lipinski definition) is 4. The van der Waals surface area contributed by atoms with Gasteiger partial charge < -0.3 is 15.2 Å². The summed E-state index contributed by atoms with van der Waals surface area (Å²) in [5.41, 5.74) is 3.55. The van der Waals surface area contributed by atoms with Gasteiger partial charge in [-0.3, -0.25) is 0 Å². The fourth-order valence-electron chi connectivity index (χ4n) is 3.37. The molecule has 0 amide bonds. The predicted octanol–water partition coefficient (Wildman–Crippen LogP) is 3.52. The fourth-order valence-corrected chi connectivity index (χ4v) is 3.37. The second kappa shape index (κ2) is 6.51. The van der Waals surface area contributed by atoms with Crippen molar-refractivity contribution in [2.24, 2.45) is 0 Å². The molecule has 5 heteroatoms. The van der Waals surface area contributed by atoms with Crippen molar-refractivity contribution < 1.29 is 0 Å². The van der Waals surface area contributed by atoms with Crippen molar-refractivity contribution in [3.05, 3.63) is 47.8 Å². The van der Waals surface area contributed by atoms with Crippen LogP contribution in [0.1, 0.15) is 24.1 Å². The molecule has 4 rings (SSSR count). The molecule has 1 aromatic carbocycles. The fraction of sp³-hybridized carbons (Fsp3) is 0.368. The summed E-state index contributed by atoms with van der Waals surface area (Å²) in [6.45, 7) is 5.03. The van der Waals surface area contributed by atoms with Crippen molar-refractivity contribution in [2.45, 2.75) is 26.2 Å². The number of anilines is 2. The molecule has 0 aliphatic carbocycles. The van der Waals surface area contributed by atoms with Crippen LogP contribution in [-0.4, -0.2) is 34.6 Å². The molecule has 1 saturated heterocycles. The molecule has 1 fully saturated rings. The van der Waals surface area contributed by atoms with E-state index in [9.17, 15) is 0 Å². The van der Waals surface area contributed by atoms with Gasteiger partial charge in [-0.05, 0) is 37.8 Å². The molecular weight excluding hydrogens is 298 g/mol. The minimum atomic E-state index is 0.859. The average molecular weight is 321 g/mol. The van der Waals surface area contributed by atoms with E-state index in [0.29, 0.717) is 0 Å². The molecule has 124 valence electrons. The van der Waals surface area contributed by atoms with Crippen LogP contribution in [-0.2, 0) is 6.42 Å². The maximum Gasteiger partial charge on any atom is 0.227 e. The SMILES string of the molecule is Cc1cc(NCCc2c[nH]c3ccccc23)nc(N2CCCC2)n1. The Balaban J connectivity index is 1.44. The molecule has 1 aliphatic heterocycles. The molecular formula is C19H23N5. The summed E-state index contributed by atoms with van der Waals surface area (Å²) in [5.74, 6) is 1.78. The Labute approximate surface area is 142 Å². The van der Waals surface area contributed by atoms with Gasteiger partial charge in [-0.15, -0.1) is 0 Å². The van der Waals surface area contributed by atoms with E-state index < -0.39 is 0 Å². The van der Waals surface area contributed by atoms with E-state index in [4.69, 9.17) is 4.98 Å². The van der Waals surface area contributed by atoms with Crippen LogP contribution in [0, 0.1) is 6.92 Å². The Bertz CT molecular complexity index is 833. The number of fused-ring (bicyclic) bond motifs is 1. The molecule has 0 atom stereocenters. The highest BCUT2D eigenvalue weighted by Crippen LogP contribution is 2.20. The van der Waals surface area contributed by atoms with Crippen LogP contribution < -0.4 is 10.2 Å². The molecule has 0 saturated carbocycles. The highest BCUT2D eigenvalue weighted by Gasteiger charge is 2.15. The molecule has 3 heterocycles. The molecule has 3 aromatic rings. The maximum atomic E-state index is 4.69. The van der Waals surface area contributed by atoms with Crippen molar-refractivity contribution >= 4 is 22.7 Å². The molecule has 24 heavy (non-hydrogen) atoms. The Kier molecular flexibility index (Phi) is 4.07. The van der Waals surface area contributed by atoms with E-state index in [-0.39, 0.29) is 0 Å². The molecule has 5 nitrogen and oxygen atoms in total. The van der Waals surface area contributed by atoms with Gasteiger partial charge in [-0.25, -0.2) is 4.98 Å². The van der Waals surface area contributed by atoms with Gasteiger partial charge in [-0.2, -0.15) is 4.98 Å². The number of aryl methyl sites for hydroxylation is 1. The van der Waals surface area contributed by atoms with Crippen LogP contribution in [0.25, 0.3) is 10.9 Å². The van der Waals surface area contributed by atoms with Crippen molar-refractivity contribution in [3.63, 3.8) is 0 Å². The van der Waals surface area contributed by atoms with Gasteiger partial charge in [0.15, 0.2) is 0 Å². The van der Waals surface area contributed by atoms with Crippen molar-refractivity contribution in [1.82, 2.24) is 15.0 Å². The van der Waals surface area contributed by atoms with Crippen LogP contribution in [0.2, 0.25) is 0 Å². The first kappa shape index (κ1) is 15.0. The third-order valence-corrected chi connectivity index (χ3v) is 4.61. The van der Waals surface area contributed by atoms with Crippen molar-refractivity contribution in [2.75, 3.05) is 29.9 Å². The third-order valence-electron chi connectivity index (χ3n) is 4.61. The van der Waals surface area contributed by atoms with Gasteiger partial charge in [0.05, 0.1) is 0 Å². The van der Waals surface area contributed by atoms with Crippen LogP contribution in [0.4, 0.5) is 11.8 Å². The second-order valence-corrected chi connectivity index (χ2v) is 6.42. The van der Waals surface area contributed by atoms with Crippen LogP contribution >= 0.6 is 0 Å². The standard InChI is InChI=1S/C19H23N5/c1-14-12-18(23-19(22-14)24-10-4-5-11-24)20-9-8-15-13-21-17-7-3-2-6-16(15)17/h2-3,6-7,12-13,21H,4-5,8-11H2,1H3,(H,20,22,23). The molecule has 0 unspecified atom stereocenters. The number of aromatic amines is 1. The third kappa shape index (κ3) is 3.07. The number of nitrogens with zero attached hydrogens (tertiary/aromatic N) is 3. The number of hydrogen-bond donors (Lipinski definition) is 2. The Hall–Kier alpha value is -2.56. The molecule has 0 bridgehead atoms. The first-order valence-corrected chi connectivity index (χ1v) is 8.69. The summed E-state index contributed by atoms with van der Waals surface area (Å²) in [5, 5.41) is 4.76. The van der Waals surface area contributed by atoms with Crippen molar-refractivity contribution in [1.29, 1.82) is 0 Å². The average Bonchev–Trinajstić information content (AvgIpc) is 3.24. The maximum absolute atomic E-state index is 4.69. The zero-order valence-electron chi connectivity index (χ0n) is 14.0. The van der Waals surface area contributed by atoms with Crippen LogP contribution in [0.5, 0.6) is 0 Å². The highest BCUT2D eigenvalue weighted by molar-refractivity contribution is 5.83. The summed E-state index contributed by atoms with van der Waals surface area (Å²) < 4.78 is 0. The van der Waals surface area contributed by atoms with E-state index in [1.807, 2.05) is 13.0 Å². The van der Waals surface area contributed by atoms with Gasteiger partial charge in [0.2, 0.25) is 5.95 Å². The van der Waals surface area contributed by atoms with Crippen LogP contribution in [0.3, 0.4) is 0 Å². The predicted molar refractivity (Wildman–Crippen MR) is 98.7 cm³/mol. The minimum Gasteiger partial charge on any atom is -0.370 e. The Morgan fingerprint density at radius 1 is 1.17 bits per heavy atom. The zero-order valence-corrected chi connectivity index (χ0v) is 14.0. The van der Waals surface area contributed by atoms with E-state index >= 15 is 0 Å². The Morgan fingerprint density at radius 2 is 2.00 bits per heavy atom. The lowest BCUT2D eigenvalue weighted by molar-refractivity contribution is 0.885. The lowest BCUT2D eigenvalue weighted by Crippen LogP contribution is -2.21. The summed E-state index contributed by atoms with van der Waals surface area (Å²) in [4.78, 5) is 14.9. The van der Waals surface area contributed by atoms with Gasteiger partial charge in [0, 0.05) is 48.5 Å². The van der Waals surface area contributed by atoms with Gasteiger partial charge in [0.25, 0.3) is 0 Å². The lowest BCUT2D eigenvalue weighted by atomic mass is 10.1. The summed E-state index contributed by atoms with van der Waals surface area (Å²) in [6, 6.07) is 10.5. The summed E-state index contributed by atoms with van der Waals surface area (Å²) in [6.07, 6.45) is 5.54. The molecule has 2 aromatic heterocycles. The molecule has 0 spiro atoms. The quantitative estimate of drug-likeness (QED) is 0.755. The largest absolute Gasteiger partial charge is 0.370 e. The normalized spacial score (nSPS) is 14.5. The number of rotatable bonds is 5. The smallest absolute Gasteiger partial charge is 0.227 e. The lowest BCUT2D eigenvalue weighted by Gasteiger charge is -2.16. The number of H-pyrrole nitrogens is 1. The second-order valence-electron chi connectivity index (χ2n) is 6.42. The van der Waals surface area contributed by atoms with E-state index in [1.54, 1.807) is 0 Å². The molecule has 2 N–H and O–H groups in total. The first-order valence-electron chi connectivity index (χ1n) is 8.69. The number of aromatic nitrogens is 3. The Morgan fingerprint density at radius 3 is 2.88 bits per heavy atom. The monoisotopic (exact) mass is 321 g/mol. The first-order chi connectivity index (χ1) is 11.8. The van der Waals surface area contributed by atoms with Gasteiger partial charge in [0.1, 0.15) is 5.82 Å². The van der Waals surface area contributed by atoms with Crippen molar-refractivity contribution in [3.8, 4) is 0 Å².